The number of rotatable bonds is 4. The summed E-state index contributed by atoms with van der Waals surface area (Å²) in [5.41, 5.74) is 10.9. The van der Waals surface area contributed by atoms with Crippen molar-refractivity contribution >= 4 is 0 Å². The minimum atomic E-state index is 0.0264. The lowest BCUT2D eigenvalue weighted by atomic mass is 10.1. The van der Waals surface area contributed by atoms with Crippen LogP contribution in [-0.4, -0.2) is 0 Å². The van der Waals surface area contributed by atoms with E-state index in [2.05, 4.69) is 12.1 Å². The first-order valence-corrected chi connectivity index (χ1v) is 7.00. The van der Waals surface area contributed by atoms with Crippen LogP contribution >= 0.6 is 0 Å². The van der Waals surface area contributed by atoms with Crippen molar-refractivity contribution in [3.05, 3.63) is 64.2 Å². The van der Waals surface area contributed by atoms with E-state index in [1.165, 1.54) is 0 Å². The van der Waals surface area contributed by atoms with Crippen LogP contribution in [-0.2, 0) is 6.61 Å². The predicted molar refractivity (Wildman–Crippen MR) is 84.0 cm³/mol. The number of ether oxygens (including phenoxy) is 1. The fraction of sp³-hybridized carbons (Fsp3) is 0.278. The molecule has 0 saturated heterocycles. The van der Waals surface area contributed by atoms with Crippen LogP contribution in [0, 0.1) is 25.2 Å². The summed E-state index contributed by atoms with van der Waals surface area (Å²) in [5, 5.41) is 8.88. The van der Waals surface area contributed by atoms with Gasteiger partial charge in [-0.15, -0.1) is 0 Å². The molecule has 3 heteroatoms. The van der Waals surface area contributed by atoms with E-state index in [4.69, 9.17) is 15.7 Å². The van der Waals surface area contributed by atoms with Gasteiger partial charge in [0.1, 0.15) is 12.4 Å². The smallest absolute Gasteiger partial charge is 0.122 e. The SMILES string of the molecule is Cc1cc(C#N)ccc1COc1ccc(C(C)N)cc1C. The van der Waals surface area contributed by atoms with Crippen molar-refractivity contribution in [2.24, 2.45) is 5.73 Å². The lowest BCUT2D eigenvalue weighted by molar-refractivity contribution is 0.303. The molecule has 0 aliphatic rings. The topological polar surface area (TPSA) is 59.0 Å². The van der Waals surface area contributed by atoms with Crippen molar-refractivity contribution in [1.82, 2.24) is 0 Å². The molecule has 108 valence electrons. The Kier molecular flexibility index (Phi) is 4.62. The van der Waals surface area contributed by atoms with Gasteiger partial charge in [-0.1, -0.05) is 18.2 Å². The lowest BCUT2D eigenvalue weighted by Gasteiger charge is -2.13. The molecule has 0 spiro atoms. The zero-order valence-electron chi connectivity index (χ0n) is 12.7. The summed E-state index contributed by atoms with van der Waals surface area (Å²) < 4.78 is 5.89. The maximum atomic E-state index is 8.88. The molecule has 0 heterocycles. The third-order valence-electron chi connectivity index (χ3n) is 3.58. The fourth-order valence-corrected chi connectivity index (χ4v) is 2.20. The summed E-state index contributed by atoms with van der Waals surface area (Å²) in [4.78, 5) is 0. The van der Waals surface area contributed by atoms with Gasteiger partial charge in [-0.05, 0) is 61.2 Å². The molecule has 0 saturated carbocycles. The predicted octanol–water partition coefficient (Wildman–Crippen LogP) is 3.77. The summed E-state index contributed by atoms with van der Waals surface area (Å²) >= 11 is 0. The Bertz CT molecular complexity index is 684. The first kappa shape index (κ1) is 15.1. The Morgan fingerprint density at radius 2 is 1.90 bits per heavy atom. The average molecular weight is 280 g/mol. The molecule has 0 radical (unpaired) electrons. The summed E-state index contributed by atoms with van der Waals surface area (Å²) in [6.45, 7) is 6.48. The second kappa shape index (κ2) is 6.43. The van der Waals surface area contributed by atoms with Crippen LogP contribution in [0.1, 0.15) is 40.8 Å². The normalized spacial score (nSPS) is 11.8. The lowest BCUT2D eigenvalue weighted by Crippen LogP contribution is -2.06. The van der Waals surface area contributed by atoms with Crippen LogP contribution < -0.4 is 10.5 Å². The van der Waals surface area contributed by atoms with Crippen LogP contribution in [0.4, 0.5) is 0 Å². The Balaban J connectivity index is 2.12. The number of aryl methyl sites for hydroxylation is 2. The highest BCUT2D eigenvalue weighted by molar-refractivity contribution is 5.39. The minimum absolute atomic E-state index is 0.0264. The van der Waals surface area contributed by atoms with Crippen LogP contribution in [0.25, 0.3) is 0 Å². The second-order valence-electron chi connectivity index (χ2n) is 5.36. The number of hydrogen-bond acceptors (Lipinski definition) is 3. The van der Waals surface area contributed by atoms with Gasteiger partial charge in [0, 0.05) is 6.04 Å². The molecule has 3 nitrogen and oxygen atoms in total. The molecule has 2 aromatic rings. The molecule has 0 fully saturated rings. The number of nitriles is 1. The summed E-state index contributed by atoms with van der Waals surface area (Å²) in [6, 6.07) is 13.8. The quantitative estimate of drug-likeness (QED) is 0.927. The van der Waals surface area contributed by atoms with Crippen LogP contribution in [0.3, 0.4) is 0 Å². The van der Waals surface area contributed by atoms with E-state index >= 15 is 0 Å². The van der Waals surface area contributed by atoms with E-state index < -0.39 is 0 Å². The van der Waals surface area contributed by atoms with E-state index in [1.807, 2.05) is 51.1 Å². The molecule has 0 amide bonds. The van der Waals surface area contributed by atoms with Gasteiger partial charge in [0.2, 0.25) is 0 Å². The summed E-state index contributed by atoms with van der Waals surface area (Å²) in [7, 11) is 0. The van der Waals surface area contributed by atoms with Crippen molar-refractivity contribution in [2.45, 2.75) is 33.4 Å². The molecule has 1 unspecified atom stereocenters. The highest BCUT2D eigenvalue weighted by atomic mass is 16.5. The highest BCUT2D eigenvalue weighted by Crippen LogP contribution is 2.23. The van der Waals surface area contributed by atoms with Gasteiger partial charge < -0.3 is 10.5 Å². The molecule has 0 aliphatic heterocycles. The van der Waals surface area contributed by atoms with Gasteiger partial charge in [0.05, 0.1) is 11.6 Å². The van der Waals surface area contributed by atoms with Crippen LogP contribution in [0.5, 0.6) is 5.75 Å². The molecule has 21 heavy (non-hydrogen) atoms. The number of benzene rings is 2. The largest absolute Gasteiger partial charge is 0.489 e. The molecule has 0 aliphatic carbocycles. The standard InChI is InChI=1S/C18H20N2O/c1-12-8-15(10-19)4-5-17(12)11-21-18-7-6-16(14(3)20)9-13(18)2/h4-9,14H,11,20H2,1-3H3. The van der Waals surface area contributed by atoms with Crippen molar-refractivity contribution in [3.63, 3.8) is 0 Å². The highest BCUT2D eigenvalue weighted by Gasteiger charge is 2.06. The Morgan fingerprint density at radius 1 is 1.14 bits per heavy atom. The first-order valence-electron chi connectivity index (χ1n) is 7.00. The molecule has 0 bridgehead atoms. The average Bonchev–Trinajstić information content (AvgIpc) is 2.46. The molecule has 2 rings (SSSR count). The second-order valence-corrected chi connectivity index (χ2v) is 5.36. The molecule has 2 N–H and O–H groups in total. The Labute approximate surface area is 126 Å². The van der Waals surface area contributed by atoms with E-state index in [-0.39, 0.29) is 6.04 Å². The number of nitrogens with zero attached hydrogens (tertiary/aromatic N) is 1. The van der Waals surface area contributed by atoms with Crippen molar-refractivity contribution in [1.29, 1.82) is 5.26 Å². The van der Waals surface area contributed by atoms with Crippen LogP contribution in [0.2, 0.25) is 0 Å². The molecular weight excluding hydrogens is 260 g/mol. The zero-order valence-corrected chi connectivity index (χ0v) is 12.7. The Morgan fingerprint density at radius 3 is 2.48 bits per heavy atom. The maximum Gasteiger partial charge on any atom is 0.122 e. The number of hydrogen-bond donors (Lipinski definition) is 1. The van der Waals surface area contributed by atoms with Crippen molar-refractivity contribution in [2.75, 3.05) is 0 Å². The number of nitrogens with two attached hydrogens (primary N) is 1. The van der Waals surface area contributed by atoms with Gasteiger partial charge in [-0.3, -0.25) is 0 Å². The summed E-state index contributed by atoms with van der Waals surface area (Å²) in [5.74, 6) is 0.864. The maximum absolute atomic E-state index is 8.88. The van der Waals surface area contributed by atoms with Gasteiger partial charge in [-0.2, -0.15) is 5.26 Å². The third kappa shape index (κ3) is 3.62. The fourth-order valence-electron chi connectivity index (χ4n) is 2.20. The molecular formula is C18H20N2O. The zero-order chi connectivity index (χ0) is 15.4. The van der Waals surface area contributed by atoms with Crippen LogP contribution in [0.15, 0.2) is 36.4 Å². The van der Waals surface area contributed by atoms with Gasteiger partial charge in [0.15, 0.2) is 0 Å². The van der Waals surface area contributed by atoms with Crippen molar-refractivity contribution < 1.29 is 4.74 Å². The van der Waals surface area contributed by atoms with E-state index in [1.54, 1.807) is 0 Å². The molecule has 2 aromatic carbocycles. The van der Waals surface area contributed by atoms with Gasteiger partial charge in [0.25, 0.3) is 0 Å². The third-order valence-corrected chi connectivity index (χ3v) is 3.58. The monoisotopic (exact) mass is 280 g/mol. The molecule has 0 aromatic heterocycles. The summed E-state index contributed by atoms with van der Waals surface area (Å²) in [6.07, 6.45) is 0. The van der Waals surface area contributed by atoms with Gasteiger partial charge >= 0.3 is 0 Å². The van der Waals surface area contributed by atoms with E-state index in [0.29, 0.717) is 12.2 Å². The van der Waals surface area contributed by atoms with Crippen molar-refractivity contribution in [3.8, 4) is 11.8 Å². The van der Waals surface area contributed by atoms with E-state index in [9.17, 15) is 0 Å². The van der Waals surface area contributed by atoms with E-state index in [0.717, 1.165) is 28.0 Å². The Hall–Kier alpha value is -2.31. The minimum Gasteiger partial charge on any atom is -0.489 e. The van der Waals surface area contributed by atoms with Gasteiger partial charge in [-0.25, -0.2) is 0 Å². The first-order chi connectivity index (χ1) is 10.0. The molecule has 1 atom stereocenters.